The third-order valence-corrected chi connectivity index (χ3v) is 10.1. The molecule has 4 aromatic carbocycles. The van der Waals surface area contributed by atoms with Gasteiger partial charge in [-0.15, -0.1) is 17.5 Å². The van der Waals surface area contributed by atoms with Crippen LogP contribution in [-0.2, 0) is 37.3 Å². The summed E-state index contributed by atoms with van der Waals surface area (Å²) in [5.74, 6) is 1.97. The molecule has 0 amide bonds. The van der Waals surface area contributed by atoms with Gasteiger partial charge in [-0.25, -0.2) is 4.98 Å². The molecule has 0 spiro atoms. The molecule has 56 heavy (non-hydrogen) atoms. The van der Waals surface area contributed by atoms with Crippen LogP contribution in [0.2, 0.25) is 0 Å². The van der Waals surface area contributed by atoms with Gasteiger partial charge in [-0.1, -0.05) is 123 Å². The Morgan fingerprint density at radius 1 is 0.643 bits per heavy atom. The third kappa shape index (κ3) is 7.73. The first-order chi connectivity index (χ1) is 27.0. The van der Waals surface area contributed by atoms with E-state index in [1.165, 1.54) is 10.1 Å². The number of pyridine rings is 2. The van der Waals surface area contributed by atoms with Crippen LogP contribution in [-0.4, -0.2) is 19.1 Å². The van der Waals surface area contributed by atoms with Crippen molar-refractivity contribution in [2.45, 2.75) is 78.6 Å². The normalized spacial score (nSPS) is 12.7. The fraction of sp³-hybridized carbons (Fsp3) is 0.245. The molecule has 8 aromatic rings. The van der Waals surface area contributed by atoms with E-state index in [1.807, 2.05) is 18.3 Å². The third-order valence-electron chi connectivity index (χ3n) is 10.1. The van der Waals surface area contributed by atoms with E-state index in [0.717, 1.165) is 55.6 Å². The van der Waals surface area contributed by atoms with Crippen molar-refractivity contribution in [3.63, 3.8) is 0 Å². The van der Waals surface area contributed by atoms with E-state index in [1.54, 1.807) is 16.8 Å². The van der Waals surface area contributed by atoms with Crippen molar-refractivity contribution in [3.05, 3.63) is 157 Å². The molecular weight excluding hydrogens is 870 g/mol. The zero-order chi connectivity index (χ0) is 40.4. The Bertz CT molecular complexity index is 2770. The minimum absolute atomic E-state index is 0. The Morgan fingerprint density at radius 2 is 1.32 bits per heavy atom. The summed E-state index contributed by atoms with van der Waals surface area (Å²) in [6.45, 7) is 19.7. The fourth-order valence-corrected chi connectivity index (χ4v) is 6.77. The largest absolute Gasteiger partial charge is 0.522 e. The molecule has 0 saturated carbocycles. The van der Waals surface area contributed by atoms with Crippen molar-refractivity contribution in [3.8, 4) is 39.9 Å². The molecule has 0 aliphatic rings. The summed E-state index contributed by atoms with van der Waals surface area (Å²) in [6, 6.07) is 40.0. The van der Waals surface area contributed by atoms with Crippen LogP contribution in [0.15, 0.2) is 122 Å². The van der Waals surface area contributed by atoms with Gasteiger partial charge in [-0.2, -0.15) is 18.2 Å². The van der Waals surface area contributed by atoms with Gasteiger partial charge in [0.05, 0.1) is 14.2 Å². The molecule has 0 bridgehead atoms. The second kappa shape index (κ2) is 14.6. The van der Waals surface area contributed by atoms with Crippen LogP contribution < -0.4 is 9.30 Å². The van der Waals surface area contributed by atoms with Gasteiger partial charge in [-0.3, -0.25) is 14.1 Å². The first-order valence-electron chi connectivity index (χ1n) is 19.7. The van der Waals surface area contributed by atoms with Crippen molar-refractivity contribution in [2.75, 3.05) is 0 Å². The van der Waals surface area contributed by atoms with Crippen molar-refractivity contribution in [1.82, 2.24) is 19.1 Å². The standard InChI is InChI=1S/C49H47N5O.Pt/c1-47(2,3)35-19-21-51-46(29-35)54-43-18-15-34(33-13-11-10-12-14-33)25-42(43)41-17-16-39(30-44(41)54)55-40-20-22-50-45(31-40)53-24-23-52(32-53)38-27-36(48(4,5)6)26-37(28-38)49(7,8)9;/h10-29H,1-9H3;/q-2;/i23D,24D;. The van der Waals surface area contributed by atoms with Crippen LogP contribution in [0, 0.1) is 18.5 Å². The summed E-state index contributed by atoms with van der Waals surface area (Å²) in [5, 5.41) is 2.11. The zero-order valence-electron chi connectivity index (χ0n) is 35.4. The number of nitrogens with zero attached hydrogens (tertiary/aromatic N) is 5. The molecule has 4 aromatic heterocycles. The molecule has 7 heteroatoms. The quantitative estimate of drug-likeness (QED) is 0.123. The van der Waals surface area contributed by atoms with Crippen LogP contribution in [0.4, 0.5) is 0 Å². The maximum atomic E-state index is 8.95. The second-order valence-corrected chi connectivity index (χ2v) is 17.3. The van der Waals surface area contributed by atoms with E-state index in [2.05, 4.69) is 169 Å². The van der Waals surface area contributed by atoms with Gasteiger partial charge in [0.1, 0.15) is 5.82 Å². The predicted octanol–water partition coefficient (Wildman–Crippen LogP) is 11.4. The molecule has 0 aliphatic heterocycles. The maximum absolute atomic E-state index is 8.95. The number of hydrogen-bond donors (Lipinski definition) is 0. The molecule has 0 N–H and O–H groups in total. The second-order valence-electron chi connectivity index (χ2n) is 17.3. The molecule has 286 valence electrons. The van der Waals surface area contributed by atoms with E-state index in [0.29, 0.717) is 17.3 Å². The van der Waals surface area contributed by atoms with Crippen LogP contribution in [0.5, 0.6) is 11.5 Å². The zero-order valence-corrected chi connectivity index (χ0v) is 35.6. The number of imidazole rings is 1. The fourth-order valence-electron chi connectivity index (χ4n) is 6.77. The Morgan fingerprint density at radius 3 is 2.02 bits per heavy atom. The summed E-state index contributed by atoms with van der Waals surface area (Å²) in [4.78, 5) is 9.38. The molecule has 8 rings (SSSR count). The van der Waals surface area contributed by atoms with Crippen LogP contribution in [0.1, 0.15) is 81.7 Å². The van der Waals surface area contributed by atoms with Gasteiger partial charge in [0.15, 0.2) is 0 Å². The molecule has 4 heterocycles. The van der Waals surface area contributed by atoms with Crippen molar-refractivity contribution >= 4 is 21.8 Å². The van der Waals surface area contributed by atoms with Gasteiger partial charge in [0, 0.05) is 50.9 Å². The number of rotatable bonds is 6. The van der Waals surface area contributed by atoms with Gasteiger partial charge in [0.25, 0.3) is 6.33 Å². The number of hydrogen-bond acceptors (Lipinski definition) is 3. The Kier molecular flexibility index (Phi) is 9.49. The Balaban J connectivity index is 0.00000512. The Labute approximate surface area is 347 Å². The van der Waals surface area contributed by atoms with Gasteiger partial charge in [-0.05, 0) is 85.5 Å². The summed E-state index contributed by atoms with van der Waals surface area (Å²) < 4.78 is 29.5. The summed E-state index contributed by atoms with van der Waals surface area (Å²) in [5.41, 5.74) is 8.07. The topological polar surface area (TPSA) is 48.8 Å². The molecule has 0 fully saturated rings. The molecule has 0 unspecified atom stereocenters. The molecule has 0 radical (unpaired) electrons. The minimum Gasteiger partial charge on any atom is -0.522 e. The number of aromatic nitrogens is 5. The van der Waals surface area contributed by atoms with E-state index >= 15 is 0 Å². The maximum Gasteiger partial charge on any atom is 0.268 e. The van der Waals surface area contributed by atoms with Crippen molar-refractivity contribution < 1.29 is 33.1 Å². The predicted molar refractivity (Wildman–Crippen MR) is 222 cm³/mol. The number of benzene rings is 4. The molecular formula is C49H47N5OPt-2. The molecule has 0 atom stereocenters. The van der Waals surface area contributed by atoms with Gasteiger partial charge < -0.3 is 9.30 Å². The van der Waals surface area contributed by atoms with Crippen molar-refractivity contribution in [2.24, 2.45) is 0 Å². The van der Waals surface area contributed by atoms with Gasteiger partial charge >= 0.3 is 0 Å². The first-order valence-corrected chi connectivity index (χ1v) is 18.7. The van der Waals surface area contributed by atoms with E-state index in [4.69, 9.17) is 12.5 Å². The first kappa shape index (κ1) is 36.3. The monoisotopic (exact) mass is 918 g/mol. The number of fused-ring (bicyclic) bond motifs is 3. The van der Waals surface area contributed by atoms with Gasteiger partial charge in [0.2, 0.25) is 0 Å². The van der Waals surface area contributed by atoms with Crippen LogP contribution in [0.25, 0.3) is 50.3 Å². The van der Waals surface area contributed by atoms with Crippen LogP contribution in [0.3, 0.4) is 0 Å². The summed E-state index contributed by atoms with van der Waals surface area (Å²) in [7, 11) is 0. The number of ether oxygens (including phenoxy) is 1. The SMILES string of the molecule is [2H]c1c([2H])[n+](-c2cc(C(C)(C)C)cc(C(C)(C)C)c2)[c-]n1-c1[c-]c(Oc2[c-]c3c(cc2)c2cc(-c4ccccc4)ccc2n3-c2cc(C(C)(C)C)ccn2)ccn1.[Pt]. The Hall–Kier alpha value is -5.32. The molecule has 6 nitrogen and oxygen atoms in total. The van der Waals surface area contributed by atoms with Crippen LogP contribution >= 0.6 is 0 Å². The molecule has 0 aliphatic carbocycles. The van der Waals surface area contributed by atoms with Crippen molar-refractivity contribution in [1.29, 1.82) is 0 Å². The average molecular weight is 919 g/mol. The average Bonchev–Trinajstić information content (AvgIpc) is 3.66. The van der Waals surface area contributed by atoms with E-state index < -0.39 is 0 Å². The summed E-state index contributed by atoms with van der Waals surface area (Å²) >= 11 is 0. The minimum atomic E-state index is -0.113. The van der Waals surface area contributed by atoms with E-state index in [9.17, 15) is 0 Å². The smallest absolute Gasteiger partial charge is 0.268 e. The van der Waals surface area contributed by atoms with E-state index in [-0.39, 0.29) is 49.7 Å². The molecule has 0 saturated heterocycles. The summed E-state index contributed by atoms with van der Waals surface area (Å²) in [6.07, 6.45) is 6.63.